The Labute approximate surface area is 126 Å². The normalized spacial score (nSPS) is 20.1. The van der Waals surface area contributed by atoms with Gasteiger partial charge in [0.25, 0.3) is 0 Å². The second-order valence-corrected chi connectivity index (χ2v) is 5.81. The molecular formula is C17H25NO3. The van der Waals surface area contributed by atoms with Crippen molar-refractivity contribution in [3.05, 3.63) is 29.8 Å². The number of aliphatic hydroxyl groups excluding tert-OH is 1. The molecule has 1 N–H and O–H groups in total. The lowest BCUT2D eigenvalue weighted by atomic mass is 9.96. The number of ether oxygens (including phenoxy) is 1. The lowest BCUT2D eigenvalue weighted by Gasteiger charge is -2.36. The first-order valence-electron chi connectivity index (χ1n) is 7.71. The molecule has 1 aliphatic heterocycles. The molecule has 4 nitrogen and oxygen atoms in total. The number of carbonyl (C=O) groups is 1. The molecule has 1 amide bonds. The Balaban J connectivity index is 2.06. The first-order valence-corrected chi connectivity index (χ1v) is 7.71. The minimum absolute atomic E-state index is 0.129. The van der Waals surface area contributed by atoms with Gasteiger partial charge in [-0.1, -0.05) is 18.2 Å². The molecule has 0 spiro atoms. The van der Waals surface area contributed by atoms with Crippen LogP contribution in [0.25, 0.3) is 0 Å². The Bertz CT molecular complexity index is 473. The largest absolute Gasteiger partial charge is 0.496 e. The van der Waals surface area contributed by atoms with Crippen molar-refractivity contribution < 1.29 is 14.6 Å². The first kappa shape index (κ1) is 15.8. The molecule has 1 heterocycles. The number of hydrogen-bond acceptors (Lipinski definition) is 3. The summed E-state index contributed by atoms with van der Waals surface area (Å²) in [5.41, 5.74) is 0.923. The minimum atomic E-state index is -0.366. The molecule has 0 aromatic heterocycles. The Hall–Kier alpha value is -1.55. The Morgan fingerprint density at radius 1 is 1.43 bits per heavy atom. The molecule has 21 heavy (non-hydrogen) atoms. The Kier molecular flexibility index (Phi) is 5.62. The molecule has 4 heteroatoms. The lowest BCUT2D eigenvalue weighted by Crippen LogP contribution is -2.45. The summed E-state index contributed by atoms with van der Waals surface area (Å²) in [6.45, 7) is 2.59. The van der Waals surface area contributed by atoms with E-state index in [0.717, 1.165) is 37.1 Å². The molecule has 0 radical (unpaired) electrons. The molecule has 2 atom stereocenters. The smallest absolute Gasteiger partial charge is 0.227 e. The maximum absolute atomic E-state index is 12.6. The van der Waals surface area contributed by atoms with Crippen LogP contribution in [0.2, 0.25) is 0 Å². The number of para-hydroxylation sites is 1. The SMILES string of the molecule is COc1ccccc1CC(=O)N1CCCCC1CC(C)O. The molecule has 2 rings (SSSR count). The highest BCUT2D eigenvalue weighted by Crippen LogP contribution is 2.24. The van der Waals surface area contributed by atoms with E-state index >= 15 is 0 Å². The molecule has 0 saturated carbocycles. The molecule has 1 aliphatic rings. The predicted molar refractivity (Wildman–Crippen MR) is 82.3 cm³/mol. The van der Waals surface area contributed by atoms with Gasteiger partial charge in [-0.25, -0.2) is 0 Å². The monoisotopic (exact) mass is 291 g/mol. The maximum atomic E-state index is 12.6. The Morgan fingerprint density at radius 2 is 2.19 bits per heavy atom. The van der Waals surface area contributed by atoms with Gasteiger partial charge in [-0.05, 0) is 38.7 Å². The van der Waals surface area contributed by atoms with Gasteiger partial charge in [0.05, 0.1) is 19.6 Å². The fourth-order valence-electron chi connectivity index (χ4n) is 3.08. The van der Waals surface area contributed by atoms with Crippen molar-refractivity contribution in [1.29, 1.82) is 0 Å². The van der Waals surface area contributed by atoms with E-state index in [0.29, 0.717) is 12.8 Å². The summed E-state index contributed by atoms with van der Waals surface area (Å²) in [4.78, 5) is 14.6. The highest BCUT2D eigenvalue weighted by atomic mass is 16.5. The molecule has 1 aromatic carbocycles. The summed E-state index contributed by atoms with van der Waals surface area (Å²) in [5, 5.41) is 9.62. The summed E-state index contributed by atoms with van der Waals surface area (Å²) in [6.07, 6.45) is 3.83. The number of methoxy groups -OCH3 is 1. The van der Waals surface area contributed by atoms with Gasteiger partial charge >= 0.3 is 0 Å². The van der Waals surface area contributed by atoms with Crippen LogP contribution < -0.4 is 4.74 Å². The minimum Gasteiger partial charge on any atom is -0.496 e. The third-order valence-electron chi connectivity index (χ3n) is 4.09. The predicted octanol–water partition coefficient (Wildman–Crippen LogP) is 2.39. The number of aliphatic hydroxyl groups is 1. The zero-order valence-electron chi connectivity index (χ0n) is 12.9. The van der Waals surface area contributed by atoms with Crippen LogP contribution in [0.4, 0.5) is 0 Å². The highest BCUT2D eigenvalue weighted by molar-refractivity contribution is 5.80. The van der Waals surface area contributed by atoms with Crippen molar-refractivity contribution in [1.82, 2.24) is 4.90 Å². The van der Waals surface area contributed by atoms with E-state index in [-0.39, 0.29) is 18.1 Å². The number of carbonyl (C=O) groups excluding carboxylic acids is 1. The molecule has 1 aromatic rings. The van der Waals surface area contributed by atoms with Gasteiger partial charge in [0.15, 0.2) is 0 Å². The number of piperidine rings is 1. The zero-order valence-corrected chi connectivity index (χ0v) is 12.9. The molecular weight excluding hydrogens is 266 g/mol. The van der Waals surface area contributed by atoms with Gasteiger partial charge in [-0.15, -0.1) is 0 Å². The van der Waals surface area contributed by atoms with Gasteiger partial charge in [0.2, 0.25) is 5.91 Å². The fraction of sp³-hybridized carbons (Fsp3) is 0.588. The fourth-order valence-corrected chi connectivity index (χ4v) is 3.08. The zero-order chi connectivity index (χ0) is 15.2. The van der Waals surface area contributed by atoms with E-state index in [9.17, 15) is 9.90 Å². The molecule has 1 fully saturated rings. The van der Waals surface area contributed by atoms with Crippen molar-refractivity contribution in [2.24, 2.45) is 0 Å². The average Bonchev–Trinajstić information content (AvgIpc) is 2.47. The lowest BCUT2D eigenvalue weighted by molar-refractivity contribution is -0.134. The summed E-state index contributed by atoms with van der Waals surface area (Å²) in [7, 11) is 1.63. The first-order chi connectivity index (χ1) is 10.1. The highest BCUT2D eigenvalue weighted by Gasteiger charge is 2.27. The van der Waals surface area contributed by atoms with E-state index in [1.165, 1.54) is 0 Å². The number of amides is 1. The summed E-state index contributed by atoms with van der Waals surface area (Å²) in [6, 6.07) is 7.82. The summed E-state index contributed by atoms with van der Waals surface area (Å²) < 4.78 is 5.31. The second kappa shape index (κ2) is 7.46. The summed E-state index contributed by atoms with van der Waals surface area (Å²) in [5.74, 6) is 0.889. The summed E-state index contributed by atoms with van der Waals surface area (Å²) >= 11 is 0. The van der Waals surface area contributed by atoms with Gasteiger partial charge in [0, 0.05) is 18.2 Å². The second-order valence-electron chi connectivity index (χ2n) is 5.81. The van der Waals surface area contributed by atoms with Crippen LogP contribution in [0, 0.1) is 0 Å². The number of likely N-dealkylation sites (tertiary alicyclic amines) is 1. The van der Waals surface area contributed by atoms with E-state index in [2.05, 4.69) is 0 Å². The number of benzene rings is 1. The third-order valence-corrected chi connectivity index (χ3v) is 4.09. The third kappa shape index (κ3) is 4.21. The standard InChI is InChI=1S/C17H25NO3/c1-13(19)11-15-8-5-6-10-18(15)17(20)12-14-7-3-4-9-16(14)21-2/h3-4,7,9,13,15,19H,5-6,8,10-12H2,1-2H3. The van der Waals surface area contributed by atoms with E-state index < -0.39 is 0 Å². The van der Waals surface area contributed by atoms with Crippen LogP contribution in [0.1, 0.15) is 38.2 Å². The average molecular weight is 291 g/mol. The van der Waals surface area contributed by atoms with E-state index in [1.807, 2.05) is 29.2 Å². The maximum Gasteiger partial charge on any atom is 0.227 e. The Morgan fingerprint density at radius 3 is 2.90 bits per heavy atom. The van der Waals surface area contributed by atoms with Crippen molar-refractivity contribution in [3.8, 4) is 5.75 Å². The van der Waals surface area contributed by atoms with Crippen molar-refractivity contribution in [2.45, 2.75) is 51.2 Å². The van der Waals surface area contributed by atoms with Crippen molar-refractivity contribution in [3.63, 3.8) is 0 Å². The number of hydrogen-bond donors (Lipinski definition) is 1. The molecule has 116 valence electrons. The van der Waals surface area contributed by atoms with Crippen LogP contribution in [-0.2, 0) is 11.2 Å². The van der Waals surface area contributed by atoms with Crippen molar-refractivity contribution >= 4 is 5.91 Å². The quantitative estimate of drug-likeness (QED) is 0.906. The molecule has 1 saturated heterocycles. The van der Waals surface area contributed by atoms with Gasteiger partial charge < -0.3 is 14.7 Å². The van der Waals surface area contributed by atoms with Crippen LogP contribution in [0.3, 0.4) is 0 Å². The van der Waals surface area contributed by atoms with E-state index in [1.54, 1.807) is 14.0 Å². The molecule has 0 aliphatic carbocycles. The molecule has 0 bridgehead atoms. The van der Waals surface area contributed by atoms with Crippen LogP contribution >= 0.6 is 0 Å². The van der Waals surface area contributed by atoms with Gasteiger partial charge in [0.1, 0.15) is 5.75 Å². The van der Waals surface area contributed by atoms with Gasteiger partial charge in [-0.2, -0.15) is 0 Å². The van der Waals surface area contributed by atoms with Crippen molar-refractivity contribution in [2.75, 3.05) is 13.7 Å². The number of nitrogens with zero attached hydrogens (tertiary/aromatic N) is 1. The van der Waals surface area contributed by atoms with Crippen LogP contribution in [-0.4, -0.2) is 41.7 Å². The molecule has 2 unspecified atom stereocenters. The van der Waals surface area contributed by atoms with Gasteiger partial charge in [-0.3, -0.25) is 4.79 Å². The van der Waals surface area contributed by atoms with E-state index in [4.69, 9.17) is 4.74 Å². The van der Waals surface area contributed by atoms with Crippen LogP contribution in [0.15, 0.2) is 24.3 Å². The topological polar surface area (TPSA) is 49.8 Å². The van der Waals surface area contributed by atoms with Crippen LogP contribution in [0.5, 0.6) is 5.75 Å². The number of rotatable bonds is 5.